The molecular weight excluding hydrogens is 258 g/mol. The molecule has 1 nitrogen and oxygen atoms in total. The van der Waals surface area contributed by atoms with E-state index in [0.717, 1.165) is 12.8 Å². The van der Waals surface area contributed by atoms with E-state index in [1.165, 1.54) is 18.9 Å². The second-order valence-electron chi connectivity index (χ2n) is 5.11. The number of aryl methyl sites for hydroxylation is 1. The van der Waals surface area contributed by atoms with Crippen molar-refractivity contribution in [2.24, 2.45) is 0 Å². The second-order valence-corrected chi connectivity index (χ2v) is 5.11. The molecule has 2 rings (SSSR count). The fourth-order valence-electron chi connectivity index (χ4n) is 2.25. The Kier molecular flexibility index (Phi) is 4.94. The molecule has 0 spiro atoms. The molecule has 0 saturated carbocycles. The zero-order valence-electron chi connectivity index (χ0n) is 12.0. The Hall–Kier alpha value is -1.64. The third kappa shape index (κ3) is 3.27. The summed E-state index contributed by atoms with van der Waals surface area (Å²) in [4.78, 5) is 0. The third-order valence-electron chi connectivity index (χ3n) is 3.44. The van der Waals surface area contributed by atoms with Gasteiger partial charge in [-0.3, -0.25) is 0 Å². The van der Waals surface area contributed by atoms with Gasteiger partial charge < -0.3 is 4.74 Å². The highest BCUT2D eigenvalue weighted by Crippen LogP contribution is 2.28. The van der Waals surface area contributed by atoms with Gasteiger partial charge in [-0.25, -0.2) is 8.78 Å². The van der Waals surface area contributed by atoms with Crippen LogP contribution in [0.4, 0.5) is 8.78 Å². The fraction of sp³-hybridized carbons (Fsp3) is 0.412. The Labute approximate surface area is 118 Å². The van der Waals surface area contributed by atoms with Crippen LogP contribution in [0.3, 0.4) is 0 Å². The molecular formula is C17H20F2O. The zero-order valence-corrected chi connectivity index (χ0v) is 12.0. The Morgan fingerprint density at radius 3 is 2.60 bits per heavy atom. The maximum Gasteiger partial charge on any atom is 0.137 e. The lowest BCUT2D eigenvalue weighted by molar-refractivity contribution is 0.304. The minimum absolute atomic E-state index is 0.0448. The molecule has 0 aliphatic carbocycles. The van der Waals surface area contributed by atoms with Gasteiger partial charge in [0, 0.05) is 6.07 Å². The molecule has 0 radical (unpaired) electrons. The van der Waals surface area contributed by atoms with E-state index in [-0.39, 0.29) is 5.39 Å². The first-order valence-corrected chi connectivity index (χ1v) is 7.14. The molecule has 0 amide bonds. The number of benzene rings is 2. The smallest absolute Gasteiger partial charge is 0.137 e. The molecule has 0 saturated heterocycles. The number of halogens is 2. The minimum Gasteiger partial charge on any atom is -0.493 e. The lowest BCUT2D eigenvalue weighted by Crippen LogP contribution is -1.98. The first-order chi connectivity index (χ1) is 9.63. The van der Waals surface area contributed by atoms with E-state index in [1.54, 1.807) is 25.1 Å². The number of fused-ring (bicyclic) bond motifs is 1. The maximum atomic E-state index is 14.0. The number of hydrogen-bond donors (Lipinski definition) is 0. The normalized spacial score (nSPS) is 11.0. The van der Waals surface area contributed by atoms with Crippen LogP contribution >= 0.6 is 0 Å². The monoisotopic (exact) mass is 278 g/mol. The average molecular weight is 278 g/mol. The van der Waals surface area contributed by atoms with Gasteiger partial charge in [0.1, 0.15) is 17.4 Å². The summed E-state index contributed by atoms with van der Waals surface area (Å²) >= 11 is 0. The van der Waals surface area contributed by atoms with Crippen molar-refractivity contribution < 1.29 is 13.5 Å². The van der Waals surface area contributed by atoms with Crippen LogP contribution in [0, 0.1) is 18.6 Å². The lowest BCUT2D eigenvalue weighted by atomic mass is 10.1. The van der Waals surface area contributed by atoms with Gasteiger partial charge in [-0.15, -0.1) is 0 Å². The van der Waals surface area contributed by atoms with Gasteiger partial charge in [-0.2, -0.15) is 0 Å². The molecule has 0 unspecified atom stereocenters. The standard InChI is InChI=1S/C17H20F2O/c1-3-4-5-6-9-20-14-10-13-8-7-12(2)17(19)16(13)15(18)11-14/h7-8,10-11H,3-6,9H2,1-2H3. The van der Waals surface area contributed by atoms with Crippen molar-refractivity contribution in [1.29, 1.82) is 0 Å². The van der Waals surface area contributed by atoms with Crippen molar-refractivity contribution in [3.63, 3.8) is 0 Å². The van der Waals surface area contributed by atoms with Gasteiger partial charge in [-0.05, 0) is 30.4 Å². The quantitative estimate of drug-likeness (QED) is 0.644. The Bertz CT molecular complexity index is 593. The molecule has 0 aromatic heterocycles. The largest absolute Gasteiger partial charge is 0.493 e. The maximum absolute atomic E-state index is 14.0. The fourth-order valence-corrected chi connectivity index (χ4v) is 2.25. The molecule has 108 valence electrons. The molecule has 2 aromatic carbocycles. The summed E-state index contributed by atoms with van der Waals surface area (Å²) < 4.78 is 33.4. The van der Waals surface area contributed by atoms with Crippen LogP contribution in [0.5, 0.6) is 5.75 Å². The zero-order chi connectivity index (χ0) is 14.5. The van der Waals surface area contributed by atoms with Crippen LogP contribution in [0.2, 0.25) is 0 Å². The van der Waals surface area contributed by atoms with Crippen molar-refractivity contribution in [1.82, 2.24) is 0 Å². The van der Waals surface area contributed by atoms with Crippen LogP contribution in [0.15, 0.2) is 24.3 Å². The van der Waals surface area contributed by atoms with Crippen LogP contribution in [-0.2, 0) is 0 Å². The number of ether oxygens (including phenoxy) is 1. The molecule has 0 heterocycles. The van der Waals surface area contributed by atoms with E-state index >= 15 is 0 Å². The van der Waals surface area contributed by atoms with Gasteiger partial charge in [-0.1, -0.05) is 38.3 Å². The highest BCUT2D eigenvalue weighted by Gasteiger charge is 2.11. The van der Waals surface area contributed by atoms with Crippen LogP contribution < -0.4 is 4.74 Å². The summed E-state index contributed by atoms with van der Waals surface area (Å²) in [7, 11) is 0. The van der Waals surface area contributed by atoms with Crippen molar-refractivity contribution in [2.75, 3.05) is 6.61 Å². The third-order valence-corrected chi connectivity index (χ3v) is 3.44. The highest BCUT2D eigenvalue weighted by atomic mass is 19.1. The van der Waals surface area contributed by atoms with Gasteiger partial charge >= 0.3 is 0 Å². The molecule has 0 aliphatic heterocycles. The van der Waals surface area contributed by atoms with Crippen LogP contribution in [0.1, 0.15) is 38.2 Å². The second kappa shape index (κ2) is 6.69. The van der Waals surface area contributed by atoms with Gasteiger partial charge in [0.25, 0.3) is 0 Å². The summed E-state index contributed by atoms with van der Waals surface area (Å²) in [6.45, 7) is 4.35. The Morgan fingerprint density at radius 1 is 1.05 bits per heavy atom. The Balaban J connectivity index is 2.15. The highest BCUT2D eigenvalue weighted by molar-refractivity contribution is 5.85. The number of rotatable bonds is 6. The summed E-state index contributed by atoms with van der Waals surface area (Å²) in [6, 6.07) is 6.34. The van der Waals surface area contributed by atoms with Crippen LogP contribution in [0.25, 0.3) is 10.8 Å². The topological polar surface area (TPSA) is 9.23 Å². The summed E-state index contributed by atoms with van der Waals surface area (Å²) in [5.74, 6) is -0.587. The lowest BCUT2D eigenvalue weighted by Gasteiger charge is -2.09. The van der Waals surface area contributed by atoms with E-state index in [4.69, 9.17) is 4.74 Å². The summed E-state index contributed by atoms with van der Waals surface area (Å²) in [5, 5.41) is 0.583. The SMILES string of the molecule is CCCCCCOc1cc(F)c2c(F)c(C)ccc2c1. The van der Waals surface area contributed by atoms with Crippen molar-refractivity contribution in [3.8, 4) is 5.75 Å². The van der Waals surface area contributed by atoms with E-state index < -0.39 is 11.6 Å². The van der Waals surface area contributed by atoms with E-state index in [9.17, 15) is 8.78 Å². The average Bonchev–Trinajstić information content (AvgIpc) is 2.42. The molecule has 0 bridgehead atoms. The summed E-state index contributed by atoms with van der Waals surface area (Å²) in [5.41, 5.74) is 0.449. The number of unbranched alkanes of at least 4 members (excludes halogenated alkanes) is 3. The number of hydrogen-bond acceptors (Lipinski definition) is 1. The molecule has 0 atom stereocenters. The molecule has 20 heavy (non-hydrogen) atoms. The Morgan fingerprint density at radius 2 is 1.85 bits per heavy atom. The molecule has 0 N–H and O–H groups in total. The van der Waals surface area contributed by atoms with E-state index in [0.29, 0.717) is 23.3 Å². The minimum atomic E-state index is -0.563. The van der Waals surface area contributed by atoms with Crippen molar-refractivity contribution in [3.05, 3.63) is 41.5 Å². The molecule has 0 aliphatic rings. The van der Waals surface area contributed by atoms with Gasteiger partial charge in [0.05, 0.1) is 12.0 Å². The predicted molar refractivity (Wildman–Crippen MR) is 78.2 cm³/mol. The first-order valence-electron chi connectivity index (χ1n) is 7.14. The van der Waals surface area contributed by atoms with Gasteiger partial charge in [0.15, 0.2) is 0 Å². The van der Waals surface area contributed by atoms with E-state index in [2.05, 4.69) is 6.92 Å². The molecule has 2 aromatic rings. The molecule has 3 heteroatoms. The molecule has 0 fully saturated rings. The van der Waals surface area contributed by atoms with E-state index in [1.807, 2.05) is 0 Å². The first kappa shape index (κ1) is 14.8. The summed E-state index contributed by atoms with van der Waals surface area (Å²) in [6.07, 6.45) is 4.42. The van der Waals surface area contributed by atoms with Crippen LogP contribution in [-0.4, -0.2) is 6.61 Å². The van der Waals surface area contributed by atoms with Gasteiger partial charge in [0.2, 0.25) is 0 Å². The predicted octanol–water partition coefficient (Wildman–Crippen LogP) is 5.39. The van der Waals surface area contributed by atoms with Crippen molar-refractivity contribution >= 4 is 10.8 Å². The van der Waals surface area contributed by atoms with Crippen molar-refractivity contribution in [2.45, 2.75) is 39.5 Å².